The van der Waals surface area contributed by atoms with Crippen molar-refractivity contribution in [3.8, 4) is 0 Å². The third-order valence-corrected chi connectivity index (χ3v) is 6.82. The number of aryl methyl sites for hydroxylation is 1. The number of aromatic nitrogens is 3. The highest BCUT2D eigenvalue weighted by Gasteiger charge is 2.40. The Hall–Kier alpha value is -3.41. The number of pyridine rings is 1. The van der Waals surface area contributed by atoms with Gasteiger partial charge in [-0.3, -0.25) is 14.2 Å². The van der Waals surface area contributed by atoms with Crippen LogP contribution in [-0.4, -0.2) is 53.4 Å². The maximum absolute atomic E-state index is 14.7. The number of alkyl halides is 2. The van der Waals surface area contributed by atoms with Crippen molar-refractivity contribution in [3.63, 3.8) is 0 Å². The van der Waals surface area contributed by atoms with Crippen LogP contribution in [0, 0.1) is 5.82 Å². The molecule has 8 nitrogen and oxygen atoms in total. The van der Waals surface area contributed by atoms with E-state index in [-0.39, 0.29) is 22.8 Å². The average molecular weight is 499 g/mol. The number of hydrogen-bond acceptors (Lipinski definition) is 6. The molecule has 1 atom stereocenters. The van der Waals surface area contributed by atoms with E-state index in [0.717, 1.165) is 6.07 Å². The standard InChI is InChI=1S/C24H25BF3N5O3/c1-13(34)33-9-7-24(36-3,8-10-33)17-11-16-21(29-12-30-22(16)32(2)23(17)35)31-19(25)14-5-4-6-15(18(14)26)20(27)28/h4-6,11-12,19-20H,7-10H2,1-3H3,(H,29,30,31). The molecule has 2 aromatic heterocycles. The van der Waals surface area contributed by atoms with E-state index < -0.39 is 29.3 Å². The van der Waals surface area contributed by atoms with Crippen LogP contribution in [0.5, 0.6) is 0 Å². The van der Waals surface area contributed by atoms with Gasteiger partial charge in [-0.05, 0) is 18.9 Å². The summed E-state index contributed by atoms with van der Waals surface area (Å²) in [5.74, 6) is -2.17. The largest absolute Gasteiger partial charge is 0.373 e. The maximum atomic E-state index is 14.7. The molecule has 1 amide bonds. The second-order valence-electron chi connectivity index (χ2n) is 8.76. The Balaban J connectivity index is 1.77. The van der Waals surface area contributed by atoms with Crippen molar-refractivity contribution in [1.82, 2.24) is 19.4 Å². The van der Waals surface area contributed by atoms with Crippen molar-refractivity contribution in [2.75, 3.05) is 25.5 Å². The first kappa shape index (κ1) is 25.7. The Morgan fingerprint density at radius 1 is 1.22 bits per heavy atom. The lowest BCUT2D eigenvalue weighted by Gasteiger charge is -2.40. The molecule has 3 heterocycles. The zero-order valence-corrected chi connectivity index (χ0v) is 20.1. The summed E-state index contributed by atoms with van der Waals surface area (Å²) in [5.41, 5.74) is -1.51. The van der Waals surface area contributed by atoms with Gasteiger partial charge < -0.3 is 15.0 Å². The van der Waals surface area contributed by atoms with Crippen molar-refractivity contribution in [2.24, 2.45) is 7.05 Å². The van der Waals surface area contributed by atoms with E-state index in [1.165, 1.54) is 37.1 Å². The predicted molar refractivity (Wildman–Crippen MR) is 128 cm³/mol. The second kappa shape index (κ2) is 9.92. The lowest BCUT2D eigenvalue weighted by molar-refractivity contribution is -0.135. The van der Waals surface area contributed by atoms with Crippen LogP contribution < -0.4 is 10.9 Å². The summed E-state index contributed by atoms with van der Waals surface area (Å²) in [7, 11) is 9.22. The van der Waals surface area contributed by atoms with Crippen molar-refractivity contribution in [3.05, 3.63) is 63.5 Å². The molecule has 0 aliphatic carbocycles. The lowest BCUT2D eigenvalue weighted by Crippen LogP contribution is -2.48. The van der Waals surface area contributed by atoms with Gasteiger partial charge in [0, 0.05) is 45.7 Å². The highest BCUT2D eigenvalue weighted by Crippen LogP contribution is 2.37. The number of benzene rings is 1. The molecule has 0 saturated carbocycles. The zero-order chi connectivity index (χ0) is 26.2. The minimum atomic E-state index is -2.99. The minimum absolute atomic E-state index is 0.0527. The number of carbonyl (C=O) groups is 1. The van der Waals surface area contributed by atoms with Gasteiger partial charge >= 0.3 is 0 Å². The van der Waals surface area contributed by atoms with Gasteiger partial charge in [0.25, 0.3) is 12.0 Å². The van der Waals surface area contributed by atoms with E-state index in [1.807, 2.05) is 0 Å². The highest BCUT2D eigenvalue weighted by atomic mass is 19.3. The van der Waals surface area contributed by atoms with Crippen molar-refractivity contribution in [1.29, 1.82) is 0 Å². The molecule has 1 aromatic carbocycles. The highest BCUT2D eigenvalue weighted by molar-refractivity contribution is 6.14. The summed E-state index contributed by atoms with van der Waals surface area (Å²) in [6.07, 6.45) is -0.953. The normalized spacial score (nSPS) is 16.4. The van der Waals surface area contributed by atoms with Gasteiger partial charge in [-0.15, -0.1) is 0 Å². The molecular weight excluding hydrogens is 474 g/mol. The molecule has 1 fully saturated rings. The molecule has 12 heteroatoms. The Morgan fingerprint density at radius 2 is 1.89 bits per heavy atom. The van der Waals surface area contributed by atoms with Crippen LogP contribution in [0.2, 0.25) is 0 Å². The lowest BCUT2D eigenvalue weighted by atomic mass is 9.84. The van der Waals surface area contributed by atoms with Gasteiger partial charge in [0.2, 0.25) is 5.91 Å². The van der Waals surface area contributed by atoms with Gasteiger partial charge in [0.15, 0.2) is 0 Å². The van der Waals surface area contributed by atoms with Crippen molar-refractivity contribution >= 4 is 30.6 Å². The Labute approximate surface area is 206 Å². The van der Waals surface area contributed by atoms with Crippen LogP contribution in [0.3, 0.4) is 0 Å². The predicted octanol–water partition coefficient (Wildman–Crippen LogP) is 3.17. The van der Waals surface area contributed by atoms with Crippen molar-refractivity contribution in [2.45, 2.75) is 37.7 Å². The van der Waals surface area contributed by atoms with Crippen LogP contribution >= 0.6 is 0 Å². The molecule has 3 aromatic rings. The number of rotatable bonds is 6. The summed E-state index contributed by atoms with van der Waals surface area (Å²) in [4.78, 5) is 35.3. The fraction of sp³-hybridized carbons (Fsp3) is 0.417. The molecule has 1 N–H and O–H groups in total. The maximum Gasteiger partial charge on any atom is 0.266 e. The smallest absolute Gasteiger partial charge is 0.266 e. The first-order valence-corrected chi connectivity index (χ1v) is 11.3. The third-order valence-electron chi connectivity index (χ3n) is 6.82. The first-order valence-electron chi connectivity index (χ1n) is 11.3. The number of likely N-dealkylation sites (tertiary alicyclic amines) is 1. The third kappa shape index (κ3) is 4.45. The van der Waals surface area contributed by atoms with Gasteiger partial charge in [0.1, 0.15) is 37.1 Å². The quantitative estimate of drug-likeness (QED) is 0.525. The fourth-order valence-corrected chi connectivity index (χ4v) is 4.68. The number of carbonyl (C=O) groups excluding carboxylic acids is 1. The van der Waals surface area contributed by atoms with E-state index >= 15 is 0 Å². The number of nitrogens with one attached hydrogen (secondary N) is 1. The number of nitrogens with zero attached hydrogens (tertiary/aromatic N) is 4. The SMILES string of the molecule is [B]C(Nc1ncnc2c1cc(C1(OC)CCN(C(C)=O)CC1)c(=O)n2C)c1cccc(C(F)F)c1F. The first-order chi connectivity index (χ1) is 17.1. The Bertz CT molecular complexity index is 1360. The monoisotopic (exact) mass is 499 g/mol. The fourth-order valence-electron chi connectivity index (χ4n) is 4.68. The van der Waals surface area contributed by atoms with Gasteiger partial charge in [0.05, 0.1) is 16.5 Å². The number of fused-ring (bicyclic) bond motifs is 1. The number of piperidine rings is 1. The molecular formula is C24H25BF3N5O3. The van der Waals surface area contributed by atoms with E-state index in [4.69, 9.17) is 12.6 Å². The van der Waals surface area contributed by atoms with Gasteiger partial charge in [-0.1, -0.05) is 18.2 Å². The second-order valence-corrected chi connectivity index (χ2v) is 8.76. The molecule has 1 aliphatic heterocycles. The number of hydrogen-bond donors (Lipinski definition) is 1. The molecule has 1 saturated heterocycles. The van der Waals surface area contributed by atoms with E-state index in [1.54, 1.807) is 18.0 Å². The number of methoxy groups -OCH3 is 1. The summed E-state index contributed by atoms with van der Waals surface area (Å²) >= 11 is 0. The number of ether oxygens (including phenoxy) is 1. The Kier molecular flexibility index (Phi) is 7.08. The minimum Gasteiger partial charge on any atom is -0.373 e. The molecule has 188 valence electrons. The van der Waals surface area contributed by atoms with Crippen LogP contribution in [0.1, 0.15) is 48.8 Å². The van der Waals surface area contributed by atoms with Crippen molar-refractivity contribution < 1.29 is 22.7 Å². The topological polar surface area (TPSA) is 89.4 Å². The zero-order valence-electron chi connectivity index (χ0n) is 20.1. The average Bonchev–Trinajstić information content (AvgIpc) is 2.86. The molecule has 1 unspecified atom stereocenters. The molecule has 1 aliphatic rings. The molecule has 0 bridgehead atoms. The number of amides is 1. The Morgan fingerprint density at radius 3 is 2.50 bits per heavy atom. The summed E-state index contributed by atoms with van der Waals surface area (Å²) in [6.45, 7) is 2.34. The summed E-state index contributed by atoms with van der Waals surface area (Å²) in [6, 6.07) is 5.23. The number of halogens is 3. The summed E-state index contributed by atoms with van der Waals surface area (Å²) < 4.78 is 48.2. The summed E-state index contributed by atoms with van der Waals surface area (Å²) in [5, 5.41) is 3.29. The van der Waals surface area contributed by atoms with Crippen LogP contribution in [0.15, 0.2) is 35.4 Å². The van der Waals surface area contributed by atoms with Gasteiger partial charge in [-0.2, -0.15) is 0 Å². The van der Waals surface area contributed by atoms with E-state index in [2.05, 4.69) is 15.3 Å². The molecule has 4 rings (SSSR count). The number of anilines is 1. The van der Waals surface area contributed by atoms with Crippen LogP contribution in [0.25, 0.3) is 11.0 Å². The van der Waals surface area contributed by atoms with Crippen LogP contribution in [-0.2, 0) is 22.2 Å². The van der Waals surface area contributed by atoms with E-state index in [0.29, 0.717) is 42.5 Å². The molecule has 36 heavy (non-hydrogen) atoms. The van der Waals surface area contributed by atoms with Gasteiger partial charge in [-0.25, -0.2) is 23.1 Å². The molecule has 2 radical (unpaired) electrons. The van der Waals surface area contributed by atoms with E-state index in [9.17, 15) is 22.8 Å². The van der Waals surface area contributed by atoms with Crippen LogP contribution in [0.4, 0.5) is 19.0 Å². The molecule has 0 spiro atoms.